The van der Waals surface area contributed by atoms with Crippen LogP contribution in [-0.4, -0.2) is 56.3 Å². The van der Waals surface area contributed by atoms with Gasteiger partial charge in [-0.05, 0) is 55.2 Å². The molecule has 4 rings (SSSR count). The summed E-state index contributed by atoms with van der Waals surface area (Å²) in [6.07, 6.45) is 0.152. The van der Waals surface area contributed by atoms with Crippen LogP contribution in [-0.2, 0) is 32.6 Å². The second-order valence-electron chi connectivity index (χ2n) is 12.4. The number of amides is 2. The Hall–Kier alpha value is -4.94. The lowest BCUT2D eigenvalue weighted by Crippen LogP contribution is -2.53. The van der Waals surface area contributed by atoms with Gasteiger partial charge < -0.3 is 15.0 Å². The molecule has 0 fully saturated rings. The lowest BCUT2D eigenvalue weighted by molar-refractivity contribution is -0.385. The van der Waals surface area contributed by atoms with Gasteiger partial charge in [0.1, 0.15) is 18.3 Å². The van der Waals surface area contributed by atoms with E-state index in [0.717, 1.165) is 27.1 Å². The Morgan fingerprint density at radius 1 is 0.940 bits per heavy atom. The predicted octanol–water partition coefficient (Wildman–Crippen LogP) is 6.48. The number of sulfonamides is 1. The molecule has 2 amide bonds. The Kier molecular flexibility index (Phi) is 12.6. The highest BCUT2D eigenvalue weighted by Gasteiger charge is 2.36. The average Bonchev–Trinajstić information content (AvgIpc) is 3.07. The minimum Gasteiger partial charge on any atom is -0.495 e. The molecule has 4 aromatic rings. The second-order valence-corrected chi connectivity index (χ2v) is 14.7. The molecule has 0 radical (unpaired) electrons. The van der Waals surface area contributed by atoms with Crippen molar-refractivity contribution in [1.29, 1.82) is 0 Å². The van der Waals surface area contributed by atoms with Crippen LogP contribution in [0.15, 0.2) is 95.9 Å². The molecule has 0 aromatic heterocycles. The van der Waals surface area contributed by atoms with Gasteiger partial charge in [0.15, 0.2) is 0 Å². The highest BCUT2D eigenvalue weighted by molar-refractivity contribution is 7.92. The number of hydrogen-bond acceptors (Lipinski definition) is 7. The molecule has 1 atom stereocenters. The van der Waals surface area contributed by atoms with Gasteiger partial charge in [0, 0.05) is 36.2 Å². The normalized spacial score (nSPS) is 11.9. The van der Waals surface area contributed by atoms with E-state index in [1.807, 2.05) is 75.4 Å². The first-order chi connectivity index (χ1) is 23.7. The number of benzene rings is 4. The van der Waals surface area contributed by atoms with E-state index in [1.165, 1.54) is 49.3 Å². The Morgan fingerprint density at radius 2 is 1.64 bits per heavy atom. The summed E-state index contributed by atoms with van der Waals surface area (Å²) in [4.78, 5) is 40.8. The van der Waals surface area contributed by atoms with Crippen LogP contribution in [0.4, 0.5) is 11.4 Å². The fourth-order valence-corrected chi connectivity index (χ4v) is 7.03. The molecule has 0 heterocycles. The van der Waals surface area contributed by atoms with E-state index >= 15 is 0 Å². The van der Waals surface area contributed by atoms with Crippen molar-refractivity contribution in [2.45, 2.75) is 51.6 Å². The Balaban J connectivity index is 1.89. The number of nitrogens with zero attached hydrogens (tertiary/aromatic N) is 3. The zero-order valence-electron chi connectivity index (χ0n) is 28.6. The van der Waals surface area contributed by atoms with Crippen LogP contribution in [0.25, 0.3) is 0 Å². The van der Waals surface area contributed by atoms with Gasteiger partial charge in [0.25, 0.3) is 15.7 Å². The summed E-state index contributed by atoms with van der Waals surface area (Å²) in [5.41, 5.74) is 2.27. The van der Waals surface area contributed by atoms with Gasteiger partial charge in [-0.1, -0.05) is 91.7 Å². The average molecular weight is 721 g/mol. The third-order valence-electron chi connectivity index (χ3n) is 8.04. The van der Waals surface area contributed by atoms with E-state index in [0.29, 0.717) is 6.54 Å². The number of ether oxygens (including phenoxy) is 1. The number of anilines is 1. The highest BCUT2D eigenvalue weighted by Crippen LogP contribution is 2.36. The zero-order chi connectivity index (χ0) is 36.6. The standard InChI is InChI=1S/C37H41ClN4O7S/c1-25(2)22-39-37(44)34(19-28-11-7-6-8-12-28)40(23-29-13-9-10-26(3)18-29)36(43)24-41(33-20-30(38)15-17-35(33)49-5)50(47,48)31-16-14-27(4)32(21-31)42(45)46/h6-18,20-21,25,34H,19,22-24H2,1-5H3,(H,39,44)/t34-/m0/s1. The van der Waals surface area contributed by atoms with E-state index in [2.05, 4.69) is 5.32 Å². The van der Waals surface area contributed by atoms with Crippen LogP contribution < -0.4 is 14.4 Å². The monoisotopic (exact) mass is 720 g/mol. The molecule has 0 spiro atoms. The van der Waals surface area contributed by atoms with Crippen molar-refractivity contribution in [2.75, 3.05) is 24.5 Å². The van der Waals surface area contributed by atoms with Crippen molar-refractivity contribution in [3.8, 4) is 5.75 Å². The van der Waals surface area contributed by atoms with Crippen molar-refractivity contribution in [3.05, 3.63) is 128 Å². The second kappa shape index (κ2) is 16.6. The number of carbonyl (C=O) groups excluding carboxylic acids is 2. The van der Waals surface area contributed by atoms with Gasteiger partial charge in [-0.15, -0.1) is 0 Å². The number of rotatable bonds is 15. The third kappa shape index (κ3) is 9.39. The molecule has 0 saturated heterocycles. The lowest BCUT2D eigenvalue weighted by atomic mass is 10.0. The largest absolute Gasteiger partial charge is 0.495 e. The molecule has 50 heavy (non-hydrogen) atoms. The summed E-state index contributed by atoms with van der Waals surface area (Å²) in [6.45, 7) is 6.89. The van der Waals surface area contributed by atoms with Crippen LogP contribution in [0.1, 0.15) is 36.1 Å². The number of halogens is 1. The molecule has 0 bridgehead atoms. The van der Waals surface area contributed by atoms with E-state index in [9.17, 15) is 28.1 Å². The van der Waals surface area contributed by atoms with Crippen LogP contribution in [0, 0.1) is 29.9 Å². The number of methoxy groups -OCH3 is 1. The Morgan fingerprint density at radius 3 is 2.28 bits per heavy atom. The van der Waals surface area contributed by atoms with E-state index < -0.39 is 49.9 Å². The van der Waals surface area contributed by atoms with Crippen LogP contribution in [0.2, 0.25) is 5.02 Å². The molecule has 0 aliphatic rings. The third-order valence-corrected chi connectivity index (χ3v) is 10.0. The quantitative estimate of drug-likeness (QED) is 0.110. The molecule has 0 aliphatic heterocycles. The summed E-state index contributed by atoms with van der Waals surface area (Å²) >= 11 is 6.35. The minimum atomic E-state index is -4.67. The molecule has 4 aromatic carbocycles. The predicted molar refractivity (Wildman–Crippen MR) is 194 cm³/mol. The summed E-state index contributed by atoms with van der Waals surface area (Å²) in [6, 6.07) is 23.5. The van der Waals surface area contributed by atoms with E-state index in [-0.39, 0.29) is 40.9 Å². The van der Waals surface area contributed by atoms with Gasteiger partial charge in [-0.2, -0.15) is 0 Å². The van der Waals surface area contributed by atoms with Crippen molar-refractivity contribution in [3.63, 3.8) is 0 Å². The fraction of sp³-hybridized carbons (Fsp3) is 0.297. The maximum Gasteiger partial charge on any atom is 0.273 e. The van der Waals surface area contributed by atoms with Crippen molar-refractivity contribution >= 4 is 44.8 Å². The smallest absolute Gasteiger partial charge is 0.273 e. The molecule has 13 heteroatoms. The molecular formula is C37H41ClN4O7S. The molecule has 1 N–H and O–H groups in total. The Bertz CT molecular complexity index is 1950. The van der Waals surface area contributed by atoms with Gasteiger partial charge in [-0.3, -0.25) is 24.0 Å². The van der Waals surface area contributed by atoms with Crippen molar-refractivity contribution in [1.82, 2.24) is 10.2 Å². The number of aryl methyl sites for hydroxylation is 2. The first-order valence-corrected chi connectivity index (χ1v) is 17.8. The fourth-order valence-electron chi connectivity index (χ4n) is 5.43. The van der Waals surface area contributed by atoms with E-state index in [1.54, 1.807) is 0 Å². The molecule has 0 aliphatic carbocycles. The highest BCUT2D eigenvalue weighted by atomic mass is 35.5. The number of nitro benzene ring substituents is 1. The first-order valence-electron chi connectivity index (χ1n) is 16.0. The minimum absolute atomic E-state index is 0.0102. The van der Waals surface area contributed by atoms with Gasteiger partial charge in [-0.25, -0.2) is 8.42 Å². The Labute approximate surface area is 298 Å². The lowest BCUT2D eigenvalue weighted by Gasteiger charge is -2.34. The molecule has 264 valence electrons. The molecular weight excluding hydrogens is 680 g/mol. The number of nitrogens with one attached hydrogen (secondary N) is 1. The number of hydrogen-bond donors (Lipinski definition) is 1. The number of nitro groups is 1. The summed E-state index contributed by atoms with van der Waals surface area (Å²) < 4.78 is 35.3. The summed E-state index contributed by atoms with van der Waals surface area (Å²) in [5.74, 6) is -0.869. The summed E-state index contributed by atoms with van der Waals surface area (Å²) in [5, 5.41) is 14.9. The maximum absolute atomic E-state index is 14.7. The van der Waals surface area contributed by atoms with Crippen LogP contribution in [0.5, 0.6) is 5.75 Å². The maximum atomic E-state index is 14.7. The molecule has 11 nitrogen and oxygen atoms in total. The summed E-state index contributed by atoms with van der Waals surface area (Å²) in [7, 11) is -3.33. The zero-order valence-corrected chi connectivity index (χ0v) is 30.2. The molecule has 0 saturated carbocycles. The molecule has 0 unspecified atom stereocenters. The first kappa shape index (κ1) is 37.9. The van der Waals surface area contributed by atoms with Crippen LogP contribution >= 0.6 is 11.6 Å². The van der Waals surface area contributed by atoms with Gasteiger partial charge in [0.05, 0.1) is 22.6 Å². The van der Waals surface area contributed by atoms with Crippen molar-refractivity contribution in [2.24, 2.45) is 5.92 Å². The van der Waals surface area contributed by atoms with Gasteiger partial charge in [0.2, 0.25) is 11.8 Å². The SMILES string of the molecule is COc1ccc(Cl)cc1N(CC(=O)N(Cc1cccc(C)c1)[C@@H](Cc1ccccc1)C(=O)NCC(C)C)S(=O)(=O)c1ccc(C)c([N+](=O)[O-])c1. The van der Waals surface area contributed by atoms with Gasteiger partial charge >= 0.3 is 0 Å². The topological polar surface area (TPSA) is 139 Å². The number of carbonyl (C=O) groups is 2. The van der Waals surface area contributed by atoms with E-state index in [4.69, 9.17) is 16.3 Å². The van der Waals surface area contributed by atoms with Crippen LogP contribution in [0.3, 0.4) is 0 Å². The van der Waals surface area contributed by atoms with Crippen molar-refractivity contribution < 1.29 is 27.7 Å².